The van der Waals surface area contributed by atoms with Crippen LogP contribution < -0.4 is 0 Å². The van der Waals surface area contributed by atoms with Crippen molar-refractivity contribution in [3.63, 3.8) is 0 Å². The molecule has 1 rings (SSSR count). The molecule has 0 saturated heterocycles. The van der Waals surface area contributed by atoms with Crippen LogP contribution in [-0.2, 0) is 0 Å². The van der Waals surface area contributed by atoms with E-state index in [1.807, 2.05) is 6.07 Å². The van der Waals surface area contributed by atoms with Crippen molar-refractivity contribution in [3.8, 4) is 6.07 Å². The number of carboxylic acids is 1. The van der Waals surface area contributed by atoms with Gasteiger partial charge in [-0.05, 0) is 13.8 Å². The number of thioether (sulfide) groups is 1. The predicted octanol–water partition coefficient (Wildman–Crippen LogP) is 1.41. The van der Waals surface area contributed by atoms with Crippen molar-refractivity contribution in [1.29, 1.82) is 5.26 Å². The number of nitrogens with zero attached hydrogens (tertiary/aromatic N) is 3. The van der Waals surface area contributed by atoms with Gasteiger partial charge in [0.1, 0.15) is 16.4 Å². The molecule has 15 heavy (non-hydrogen) atoms. The van der Waals surface area contributed by atoms with E-state index >= 15 is 0 Å². The van der Waals surface area contributed by atoms with Gasteiger partial charge in [-0.2, -0.15) is 5.26 Å². The molecule has 0 aliphatic rings. The number of rotatable bonds is 3. The molecule has 0 fully saturated rings. The first-order chi connectivity index (χ1) is 7.06. The number of aryl methyl sites for hydroxylation is 2. The summed E-state index contributed by atoms with van der Waals surface area (Å²) in [6, 6.07) is 1.93. The maximum absolute atomic E-state index is 10.9. The third kappa shape index (κ3) is 2.67. The molecule has 1 aromatic heterocycles. The fourth-order valence-electron chi connectivity index (χ4n) is 1.13. The molecule has 0 bridgehead atoms. The summed E-state index contributed by atoms with van der Waals surface area (Å²) in [5, 5.41) is 17.8. The van der Waals surface area contributed by atoms with Crippen molar-refractivity contribution in [1.82, 2.24) is 9.97 Å². The Bertz CT molecular complexity index is 440. The van der Waals surface area contributed by atoms with E-state index in [4.69, 9.17) is 10.4 Å². The maximum Gasteiger partial charge on any atom is 0.340 e. The summed E-state index contributed by atoms with van der Waals surface area (Å²) < 4.78 is 0. The van der Waals surface area contributed by atoms with E-state index < -0.39 is 5.97 Å². The number of nitriles is 1. The Hall–Kier alpha value is -1.61. The number of hydrogen-bond acceptors (Lipinski definition) is 5. The second-order valence-corrected chi connectivity index (χ2v) is 3.75. The maximum atomic E-state index is 10.9. The molecule has 0 aliphatic heterocycles. The Labute approximate surface area is 91.2 Å². The van der Waals surface area contributed by atoms with Crippen molar-refractivity contribution in [3.05, 3.63) is 17.1 Å². The number of aromatic carboxylic acids is 1. The summed E-state index contributed by atoms with van der Waals surface area (Å²) in [6.45, 7) is 3.31. The van der Waals surface area contributed by atoms with E-state index in [0.29, 0.717) is 16.5 Å². The second-order valence-electron chi connectivity index (χ2n) is 2.79. The summed E-state index contributed by atoms with van der Waals surface area (Å²) >= 11 is 1.11. The Balaban J connectivity index is 3.22. The lowest BCUT2D eigenvalue weighted by Gasteiger charge is -2.06. The number of carboxylic acid groups (broad SMARTS) is 1. The highest BCUT2D eigenvalue weighted by molar-refractivity contribution is 7.99. The minimum absolute atomic E-state index is 0.0841. The smallest absolute Gasteiger partial charge is 0.340 e. The zero-order valence-electron chi connectivity index (χ0n) is 8.31. The van der Waals surface area contributed by atoms with Crippen LogP contribution in [0.2, 0.25) is 0 Å². The number of carbonyl (C=O) groups is 1. The molecule has 0 aromatic carbocycles. The quantitative estimate of drug-likeness (QED) is 0.615. The molecule has 0 spiro atoms. The van der Waals surface area contributed by atoms with E-state index in [9.17, 15) is 4.79 Å². The molecular weight excluding hydrogens is 214 g/mol. The van der Waals surface area contributed by atoms with Crippen LogP contribution in [0.15, 0.2) is 5.03 Å². The molecule has 0 amide bonds. The summed E-state index contributed by atoms with van der Waals surface area (Å²) in [5.41, 5.74) is 0.510. The van der Waals surface area contributed by atoms with E-state index in [0.717, 1.165) is 11.8 Å². The lowest BCUT2D eigenvalue weighted by atomic mass is 10.2. The van der Waals surface area contributed by atoms with E-state index in [-0.39, 0.29) is 11.3 Å². The Morgan fingerprint density at radius 2 is 2.20 bits per heavy atom. The Morgan fingerprint density at radius 3 is 2.73 bits per heavy atom. The topological polar surface area (TPSA) is 86.9 Å². The van der Waals surface area contributed by atoms with Crippen molar-refractivity contribution in [2.45, 2.75) is 18.9 Å². The molecule has 0 saturated carbocycles. The normalized spacial score (nSPS) is 9.67. The average Bonchev–Trinajstić information content (AvgIpc) is 2.12. The lowest BCUT2D eigenvalue weighted by molar-refractivity contribution is 0.0690. The Morgan fingerprint density at radius 1 is 1.53 bits per heavy atom. The Kier molecular flexibility index (Phi) is 3.63. The molecule has 1 heterocycles. The first kappa shape index (κ1) is 11.5. The highest BCUT2D eigenvalue weighted by Gasteiger charge is 2.16. The molecular formula is C9H9N3O2S. The van der Waals surface area contributed by atoms with Gasteiger partial charge in [-0.15, -0.1) is 0 Å². The zero-order valence-corrected chi connectivity index (χ0v) is 9.13. The van der Waals surface area contributed by atoms with Gasteiger partial charge in [-0.1, -0.05) is 11.8 Å². The van der Waals surface area contributed by atoms with Gasteiger partial charge >= 0.3 is 5.97 Å². The molecule has 0 aliphatic carbocycles. The van der Waals surface area contributed by atoms with Crippen LogP contribution in [0.5, 0.6) is 0 Å². The van der Waals surface area contributed by atoms with E-state index in [1.54, 1.807) is 13.8 Å². The minimum Gasteiger partial charge on any atom is -0.478 e. The molecule has 78 valence electrons. The fraction of sp³-hybridized carbons (Fsp3) is 0.333. The third-order valence-electron chi connectivity index (χ3n) is 1.66. The monoisotopic (exact) mass is 223 g/mol. The summed E-state index contributed by atoms with van der Waals surface area (Å²) in [7, 11) is 0. The molecule has 0 atom stereocenters. The van der Waals surface area contributed by atoms with E-state index in [1.165, 1.54) is 0 Å². The molecule has 1 aromatic rings. The van der Waals surface area contributed by atoms with Crippen LogP contribution in [-0.4, -0.2) is 26.8 Å². The molecule has 0 radical (unpaired) electrons. The van der Waals surface area contributed by atoms with Gasteiger partial charge in [0.15, 0.2) is 0 Å². The van der Waals surface area contributed by atoms with Crippen molar-refractivity contribution in [2.75, 3.05) is 5.75 Å². The SMILES string of the molecule is Cc1nc(C)c(C(=O)O)c(SCC#N)n1. The first-order valence-electron chi connectivity index (χ1n) is 4.14. The average molecular weight is 223 g/mol. The van der Waals surface area contributed by atoms with Crippen LogP contribution >= 0.6 is 11.8 Å². The molecule has 0 unspecified atom stereocenters. The summed E-state index contributed by atoms with van der Waals surface area (Å²) in [6.07, 6.45) is 0. The first-order valence-corrected chi connectivity index (χ1v) is 5.13. The highest BCUT2D eigenvalue weighted by Crippen LogP contribution is 2.22. The fourth-order valence-corrected chi connectivity index (χ4v) is 1.91. The van der Waals surface area contributed by atoms with Crippen LogP contribution in [0.4, 0.5) is 0 Å². The largest absolute Gasteiger partial charge is 0.478 e. The van der Waals surface area contributed by atoms with Gasteiger partial charge < -0.3 is 5.11 Å². The summed E-state index contributed by atoms with van der Waals surface area (Å²) in [5.74, 6) is -0.373. The van der Waals surface area contributed by atoms with Gasteiger partial charge in [0.05, 0.1) is 17.5 Å². The minimum atomic E-state index is -1.06. The standard InChI is InChI=1S/C9H9N3O2S/c1-5-7(9(13)14)8(15-4-3-10)12-6(2)11-5/h4H2,1-2H3,(H,13,14). The number of hydrogen-bond donors (Lipinski definition) is 1. The molecule has 5 nitrogen and oxygen atoms in total. The van der Waals surface area contributed by atoms with Crippen LogP contribution in [0.3, 0.4) is 0 Å². The van der Waals surface area contributed by atoms with Gasteiger partial charge in [0.25, 0.3) is 0 Å². The van der Waals surface area contributed by atoms with Gasteiger partial charge in [-0.25, -0.2) is 14.8 Å². The second kappa shape index (κ2) is 4.75. The number of aromatic nitrogens is 2. The van der Waals surface area contributed by atoms with Crippen molar-refractivity contribution >= 4 is 17.7 Å². The van der Waals surface area contributed by atoms with Gasteiger partial charge in [0, 0.05) is 0 Å². The van der Waals surface area contributed by atoms with Gasteiger partial charge in [0.2, 0.25) is 0 Å². The van der Waals surface area contributed by atoms with Gasteiger partial charge in [-0.3, -0.25) is 0 Å². The van der Waals surface area contributed by atoms with E-state index in [2.05, 4.69) is 9.97 Å². The zero-order chi connectivity index (χ0) is 11.4. The third-order valence-corrected chi connectivity index (χ3v) is 2.50. The van der Waals surface area contributed by atoms with Crippen LogP contribution in [0.25, 0.3) is 0 Å². The van der Waals surface area contributed by atoms with Crippen molar-refractivity contribution in [2.24, 2.45) is 0 Å². The highest BCUT2D eigenvalue weighted by atomic mass is 32.2. The lowest BCUT2D eigenvalue weighted by Crippen LogP contribution is -2.08. The van der Waals surface area contributed by atoms with Crippen LogP contribution in [0.1, 0.15) is 21.9 Å². The predicted molar refractivity (Wildman–Crippen MR) is 54.8 cm³/mol. The summed E-state index contributed by atoms with van der Waals surface area (Å²) in [4.78, 5) is 18.9. The molecule has 1 N–H and O–H groups in total. The van der Waals surface area contributed by atoms with Crippen LogP contribution in [0, 0.1) is 25.2 Å². The van der Waals surface area contributed by atoms with Crippen molar-refractivity contribution < 1.29 is 9.90 Å². The molecule has 6 heteroatoms.